The molecule has 0 aliphatic carbocycles. The first-order valence-corrected chi connectivity index (χ1v) is 6.21. The second kappa shape index (κ2) is 6.52. The van der Waals surface area contributed by atoms with Crippen molar-refractivity contribution < 1.29 is 9.18 Å². The molecule has 2 aromatic rings. The number of carbonyl (C=O) groups is 1. The van der Waals surface area contributed by atoms with Crippen LogP contribution in [0.4, 0.5) is 15.8 Å². The molecule has 3 nitrogen and oxygen atoms in total. The van der Waals surface area contributed by atoms with Crippen molar-refractivity contribution in [1.29, 1.82) is 0 Å². The monoisotopic (exact) mass is 270 g/mol. The number of carbonyl (C=O) groups excluding carboxylic acids is 1. The lowest BCUT2D eigenvalue weighted by Crippen LogP contribution is -2.11. The number of anilines is 2. The summed E-state index contributed by atoms with van der Waals surface area (Å²) >= 11 is 0. The van der Waals surface area contributed by atoms with E-state index in [1.54, 1.807) is 18.2 Å². The van der Waals surface area contributed by atoms with E-state index in [0.29, 0.717) is 17.8 Å². The van der Waals surface area contributed by atoms with Crippen LogP contribution in [0.25, 0.3) is 0 Å². The molecule has 102 valence electrons. The van der Waals surface area contributed by atoms with Crippen molar-refractivity contribution in [3.8, 4) is 0 Å². The fourth-order valence-corrected chi connectivity index (χ4v) is 1.67. The fraction of sp³-hybridized carbons (Fsp3) is 0.0625. The van der Waals surface area contributed by atoms with Crippen molar-refractivity contribution in [3.63, 3.8) is 0 Å². The Morgan fingerprint density at radius 1 is 1.05 bits per heavy atom. The van der Waals surface area contributed by atoms with Gasteiger partial charge in [0.05, 0.1) is 0 Å². The predicted octanol–water partition coefficient (Wildman–Crippen LogP) is 3.68. The quantitative estimate of drug-likeness (QED) is 0.814. The third kappa shape index (κ3) is 3.68. The first-order valence-electron chi connectivity index (χ1n) is 6.21. The van der Waals surface area contributed by atoms with Crippen LogP contribution in [0.5, 0.6) is 0 Å². The van der Waals surface area contributed by atoms with Gasteiger partial charge in [-0.3, -0.25) is 4.79 Å². The molecule has 0 aromatic heterocycles. The highest BCUT2D eigenvalue weighted by Crippen LogP contribution is 2.14. The minimum absolute atomic E-state index is 0.267. The third-order valence-corrected chi connectivity index (χ3v) is 2.70. The average Bonchev–Trinajstić information content (AvgIpc) is 2.47. The van der Waals surface area contributed by atoms with Crippen LogP contribution in [0.2, 0.25) is 0 Å². The third-order valence-electron chi connectivity index (χ3n) is 2.70. The Morgan fingerprint density at radius 2 is 1.65 bits per heavy atom. The highest BCUT2D eigenvalue weighted by molar-refractivity contribution is 6.04. The highest BCUT2D eigenvalue weighted by Gasteiger charge is 2.05. The normalized spacial score (nSPS) is 9.85. The molecule has 4 heteroatoms. The van der Waals surface area contributed by atoms with Gasteiger partial charge < -0.3 is 10.6 Å². The average molecular weight is 270 g/mol. The SMILES string of the molecule is C=CCNc1ccc(NC(=O)c2ccc(F)cc2)cc1. The maximum Gasteiger partial charge on any atom is 0.255 e. The molecule has 0 aliphatic rings. The van der Waals surface area contributed by atoms with E-state index >= 15 is 0 Å². The van der Waals surface area contributed by atoms with Crippen LogP contribution in [0, 0.1) is 5.82 Å². The maximum absolute atomic E-state index is 12.8. The molecular formula is C16H15FN2O. The summed E-state index contributed by atoms with van der Waals surface area (Å²) in [6, 6.07) is 12.7. The van der Waals surface area contributed by atoms with Crippen molar-refractivity contribution in [2.45, 2.75) is 0 Å². The van der Waals surface area contributed by atoms with E-state index in [1.165, 1.54) is 24.3 Å². The summed E-state index contributed by atoms with van der Waals surface area (Å²) in [6.07, 6.45) is 1.77. The topological polar surface area (TPSA) is 41.1 Å². The van der Waals surface area contributed by atoms with E-state index < -0.39 is 0 Å². The Morgan fingerprint density at radius 3 is 2.25 bits per heavy atom. The van der Waals surface area contributed by atoms with Crippen LogP contribution < -0.4 is 10.6 Å². The maximum atomic E-state index is 12.8. The van der Waals surface area contributed by atoms with E-state index in [1.807, 2.05) is 12.1 Å². The Kier molecular flexibility index (Phi) is 4.50. The van der Waals surface area contributed by atoms with Crippen molar-refractivity contribution in [2.75, 3.05) is 17.2 Å². The number of halogens is 1. The van der Waals surface area contributed by atoms with Gasteiger partial charge in [0.15, 0.2) is 0 Å². The van der Waals surface area contributed by atoms with Crippen LogP contribution in [0.3, 0.4) is 0 Å². The molecule has 0 unspecified atom stereocenters. The van der Waals surface area contributed by atoms with E-state index in [9.17, 15) is 9.18 Å². The van der Waals surface area contributed by atoms with Gasteiger partial charge in [-0.1, -0.05) is 6.08 Å². The van der Waals surface area contributed by atoms with Gasteiger partial charge in [-0.05, 0) is 48.5 Å². The van der Waals surface area contributed by atoms with Gasteiger partial charge in [-0.15, -0.1) is 6.58 Å². The zero-order valence-electron chi connectivity index (χ0n) is 10.9. The summed E-state index contributed by atoms with van der Waals surface area (Å²) in [7, 11) is 0. The summed E-state index contributed by atoms with van der Waals surface area (Å²) in [5.74, 6) is -0.629. The lowest BCUT2D eigenvalue weighted by molar-refractivity contribution is 0.102. The van der Waals surface area contributed by atoms with Crippen molar-refractivity contribution in [1.82, 2.24) is 0 Å². The van der Waals surface area contributed by atoms with Crippen LogP contribution in [-0.4, -0.2) is 12.5 Å². The number of hydrogen-bond donors (Lipinski definition) is 2. The van der Waals surface area contributed by atoms with Crippen molar-refractivity contribution in [2.24, 2.45) is 0 Å². The highest BCUT2D eigenvalue weighted by atomic mass is 19.1. The summed E-state index contributed by atoms with van der Waals surface area (Å²) in [5, 5.41) is 5.89. The lowest BCUT2D eigenvalue weighted by Gasteiger charge is -2.07. The molecular weight excluding hydrogens is 255 g/mol. The number of hydrogen-bond acceptors (Lipinski definition) is 2. The fourth-order valence-electron chi connectivity index (χ4n) is 1.67. The van der Waals surface area contributed by atoms with Gasteiger partial charge in [0.1, 0.15) is 5.82 Å². The number of nitrogens with one attached hydrogen (secondary N) is 2. The zero-order chi connectivity index (χ0) is 14.4. The Bertz CT molecular complexity index is 591. The van der Waals surface area contributed by atoms with Gasteiger partial charge in [0.2, 0.25) is 0 Å². The molecule has 20 heavy (non-hydrogen) atoms. The van der Waals surface area contributed by atoms with Gasteiger partial charge in [0, 0.05) is 23.5 Å². The summed E-state index contributed by atoms with van der Waals surface area (Å²) in [4.78, 5) is 11.9. The minimum atomic E-state index is -0.362. The lowest BCUT2D eigenvalue weighted by atomic mass is 10.2. The van der Waals surface area contributed by atoms with Crippen LogP contribution in [0.1, 0.15) is 10.4 Å². The molecule has 1 amide bonds. The molecule has 0 fully saturated rings. The largest absolute Gasteiger partial charge is 0.382 e. The van der Waals surface area contributed by atoms with Gasteiger partial charge in [-0.25, -0.2) is 4.39 Å². The number of rotatable bonds is 5. The van der Waals surface area contributed by atoms with Gasteiger partial charge in [0.25, 0.3) is 5.91 Å². The summed E-state index contributed by atoms with van der Waals surface area (Å²) in [5.41, 5.74) is 2.05. The molecule has 0 radical (unpaired) electrons. The van der Waals surface area contributed by atoms with E-state index in [0.717, 1.165) is 5.69 Å². The van der Waals surface area contributed by atoms with Crippen molar-refractivity contribution in [3.05, 3.63) is 72.6 Å². The number of amides is 1. The van der Waals surface area contributed by atoms with Crippen molar-refractivity contribution >= 4 is 17.3 Å². The summed E-state index contributed by atoms with van der Waals surface area (Å²) in [6.45, 7) is 4.31. The molecule has 0 spiro atoms. The molecule has 2 N–H and O–H groups in total. The molecule has 0 saturated carbocycles. The Balaban J connectivity index is 2.00. The van der Waals surface area contributed by atoms with E-state index in [2.05, 4.69) is 17.2 Å². The van der Waals surface area contributed by atoms with E-state index in [-0.39, 0.29) is 11.7 Å². The Hall–Kier alpha value is -2.62. The van der Waals surface area contributed by atoms with Crippen LogP contribution in [-0.2, 0) is 0 Å². The van der Waals surface area contributed by atoms with Gasteiger partial charge in [-0.2, -0.15) is 0 Å². The minimum Gasteiger partial charge on any atom is -0.382 e. The van der Waals surface area contributed by atoms with E-state index in [4.69, 9.17) is 0 Å². The number of benzene rings is 2. The van der Waals surface area contributed by atoms with Crippen LogP contribution >= 0.6 is 0 Å². The molecule has 0 bridgehead atoms. The molecule has 0 heterocycles. The predicted molar refractivity (Wildman–Crippen MR) is 79.5 cm³/mol. The molecule has 0 aliphatic heterocycles. The Labute approximate surface area is 117 Å². The second-order valence-corrected chi connectivity index (χ2v) is 4.21. The standard InChI is InChI=1S/C16H15FN2O/c1-2-11-18-14-7-9-15(10-8-14)19-16(20)12-3-5-13(17)6-4-12/h2-10,18H,1,11H2,(H,19,20). The van der Waals surface area contributed by atoms with Crippen LogP contribution in [0.15, 0.2) is 61.2 Å². The zero-order valence-corrected chi connectivity index (χ0v) is 10.9. The molecule has 2 aromatic carbocycles. The first kappa shape index (κ1) is 13.8. The first-order chi connectivity index (χ1) is 9.69. The summed E-state index contributed by atoms with van der Waals surface area (Å²) < 4.78 is 12.8. The molecule has 0 atom stereocenters. The van der Waals surface area contributed by atoms with Gasteiger partial charge >= 0.3 is 0 Å². The second-order valence-electron chi connectivity index (χ2n) is 4.21. The molecule has 0 saturated heterocycles. The molecule has 2 rings (SSSR count). The smallest absolute Gasteiger partial charge is 0.255 e.